The second-order valence-electron chi connectivity index (χ2n) is 9.79. The van der Waals surface area contributed by atoms with Crippen LogP contribution < -0.4 is 9.50 Å². The van der Waals surface area contributed by atoms with E-state index in [1.165, 1.54) is 24.3 Å². The van der Waals surface area contributed by atoms with Crippen LogP contribution in [0.5, 0.6) is 5.75 Å². The number of nitrogens with one attached hydrogen (secondary N) is 1. The number of hydrogen-bond donors (Lipinski definition) is 1. The molecule has 1 aliphatic heterocycles. The normalized spacial score (nSPS) is 19.0. The summed E-state index contributed by atoms with van der Waals surface area (Å²) in [4.78, 5) is 25.1. The van der Waals surface area contributed by atoms with E-state index in [0.29, 0.717) is 11.1 Å². The number of carbonyl (C=O) groups excluding carboxylic acids is 2. The first kappa shape index (κ1) is 29.2. The van der Waals surface area contributed by atoms with Gasteiger partial charge in [0.15, 0.2) is 0 Å². The number of rotatable bonds is 8. The maximum Gasteiger partial charge on any atom is 0.534 e. The van der Waals surface area contributed by atoms with Gasteiger partial charge in [-0.15, -0.1) is 0 Å². The Hall–Kier alpha value is -3.35. The summed E-state index contributed by atoms with van der Waals surface area (Å²) in [5, 5.41) is 2.66. The summed E-state index contributed by atoms with van der Waals surface area (Å²) in [7, 11) is -5.83. The Labute approximate surface area is 217 Å². The maximum absolute atomic E-state index is 14.1. The molecule has 13 heteroatoms. The lowest BCUT2D eigenvalue weighted by molar-refractivity contribution is -0.145. The number of amides is 1. The molecule has 208 valence electrons. The average molecular weight is 562 g/mol. The van der Waals surface area contributed by atoms with Crippen molar-refractivity contribution in [2.75, 3.05) is 0 Å². The number of cyclic esters (lactones) is 1. The van der Waals surface area contributed by atoms with E-state index in [-0.39, 0.29) is 19.3 Å². The number of alkyl halides is 3. The Balaban J connectivity index is 1.76. The van der Waals surface area contributed by atoms with Crippen LogP contribution in [0.4, 0.5) is 22.4 Å². The highest BCUT2D eigenvalue weighted by Gasteiger charge is 2.48. The van der Waals surface area contributed by atoms with Gasteiger partial charge >= 0.3 is 27.7 Å². The van der Waals surface area contributed by atoms with E-state index in [4.69, 9.17) is 9.47 Å². The van der Waals surface area contributed by atoms with Gasteiger partial charge < -0.3 is 19.0 Å². The molecule has 0 spiro atoms. The molecule has 0 bridgehead atoms. The van der Waals surface area contributed by atoms with Gasteiger partial charge in [-0.1, -0.05) is 30.3 Å². The summed E-state index contributed by atoms with van der Waals surface area (Å²) in [5.74, 6) is -2.24. The largest absolute Gasteiger partial charge is 0.534 e. The molecule has 1 heterocycles. The zero-order chi connectivity index (χ0) is 28.3. The Morgan fingerprint density at radius 3 is 2.32 bits per heavy atom. The van der Waals surface area contributed by atoms with Crippen molar-refractivity contribution in [1.29, 1.82) is 0 Å². The van der Waals surface area contributed by atoms with E-state index in [1.54, 1.807) is 32.9 Å². The fourth-order valence-electron chi connectivity index (χ4n) is 3.86. The number of alkyl carbamates (subject to hydrolysis) is 1. The zero-order valence-electron chi connectivity index (χ0n) is 20.8. The molecule has 0 aromatic heterocycles. The fraction of sp³-hybridized carbons (Fsp3) is 0.440. The molecule has 1 amide bonds. The number of esters is 1. The second kappa shape index (κ2) is 11.2. The minimum absolute atomic E-state index is 0.0515. The van der Waals surface area contributed by atoms with Crippen molar-refractivity contribution in [2.24, 2.45) is 5.92 Å². The lowest BCUT2D eigenvalue weighted by Crippen LogP contribution is -2.46. The van der Waals surface area contributed by atoms with Crippen molar-refractivity contribution in [3.05, 3.63) is 65.5 Å². The highest BCUT2D eigenvalue weighted by molar-refractivity contribution is 7.88. The topological polar surface area (TPSA) is 108 Å². The summed E-state index contributed by atoms with van der Waals surface area (Å²) in [6.07, 6.45) is -1.28. The van der Waals surface area contributed by atoms with Crippen LogP contribution in [0.2, 0.25) is 0 Å². The molecule has 1 fully saturated rings. The van der Waals surface area contributed by atoms with E-state index in [2.05, 4.69) is 9.50 Å². The molecule has 2 aromatic rings. The highest BCUT2D eigenvalue weighted by atomic mass is 32.2. The van der Waals surface area contributed by atoms with Crippen LogP contribution in [0.1, 0.15) is 38.3 Å². The Morgan fingerprint density at radius 1 is 1.11 bits per heavy atom. The van der Waals surface area contributed by atoms with Gasteiger partial charge in [0.1, 0.15) is 23.3 Å². The summed E-state index contributed by atoms with van der Waals surface area (Å²) < 4.78 is 89.2. The molecule has 3 atom stereocenters. The number of hydrogen-bond acceptors (Lipinski definition) is 7. The molecule has 8 nitrogen and oxygen atoms in total. The van der Waals surface area contributed by atoms with Crippen LogP contribution in [0, 0.1) is 11.7 Å². The first-order valence-corrected chi connectivity index (χ1v) is 13.0. The third kappa shape index (κ3) is 7.83. The SMILES string of the molecule is CC(C)(C)OC(=O)N[C@@H](Cc1ccc(OS(=O)(=O)C(F)(F)F)cc1)[C@@H]1C[C@@H](Cc2ccccc2F)C(=O)O1. The van der Waals surface area contributed by atoms with Crippen LogP contribution >= 0.6 is 0 Å². The van der Waals surface area contributed by atoms with Gasteiger partial charge in [-0.25, -0.2) is 9.18 Å². The summed E-state index contributed by atoms with van der Waals surface area (Å²) >= 11 is 0. The molecule has 1 N–H and O–H groups in total. The summed E-state index contributed by atoms with van der Waals surface area (Å²) in [5.41, 5.74) is -5.59. The van der Waals surface area contributed by atoms with Crippen LogP contribution in [0.3, 0.4) is 0 Å². The van der Waals surface area contributed by atoms with E-state index in [1.807, 2.05) is 0 Å². The summed E-state index contributed by atoms with van der Waals surface area (Å²) in [6, 6.07) is 9.92. The molecule has 1 saturated heterocycles. The van der Waals surface area contributed by atoms with Gasteiger partial charge in [-0.3, -0.25) is 4.79 Å². The first-order chi connectivity index (χ1) is 17.5. The van der Waals surface area contributed by atoms with E-state index in [9.17, 15) is 35.6 Å². The van der Waals surface area contributed by atoms with Crippen LogP contribution in [0.15, 0.2) is 48.5 Å². The predicted octanol–water partition coefficient (Wildman–Crippen LogP) is 4.66. The molecule has 38 heavy (non-hydrogen) atoms. The Bertz CT molecular complexity index is 1260. The van der Waals surface area contributed by atoms with Gasteiger partial charge in [-0.05, 0) is 62.9 Å². The molecular weight excluding hydrogens is 534 g/mol. The molecule has 0 radical (unpaired) electrons. The molecule has 2 aromatic carbocycles. The Kier molecular flexibility index (Phi) is 8.59. The highest BCUT2D eigenvalue weighted by Crippen LogP contribution is 2.30. The Morgan fingerprint density at radius 2 is 1.74 bits per heavy atom. The van der Waals surface area contributed by atoms with Crippen LogP contribution in [-0.4, -0.2) is 43.7 Å². The van der Waals surface area contributed by atoms with Crippen molar-refractivity contribution in [3.63, 3.8) is 0 Å². The molecular formula is C25H27F4NO7S. The van der Waals surface area contributed by atoms with Crippen molar-refractivity contribution >= 4 is 22.2 Å². The third-order valence-electron chi connectivity index (χ3n) is 5.56. The van der Waals surface area contributed by atoms with Crippen LogP contribution in [0.25, 0.3) is 0 Å². The van der Waals surface area contributed by atoms with Gasteiger partial charge in [0, 0.05) is 6.42 Å². The van der Waals surface area contributed by atoms with E-state index in [0.717, 1.165) is 12.1 Å². The molecule has 3 rings (SSSR count). The number of carbonyl (C=O) groups is 2. The van der Waals surface area contributed by atoms with Gasteiger partial charge in [0.2, 0.25) is 0 Å². The van der Waals surface area contributed by atoms with Crippen molar-refractivity contribution in [2.45, 2.75) is 63.3 Å². The van der Waals surface area contributed by atoms with E-state index < -0.39 is 62.9 Å². The second-order valence-corrected chi connectivity index (χ2v) is 11.3. The molecule has 0 aliphatic carbocycles. The van der Waals surface area contributed by atoms with Gasteiger partial charge in [-0.2, -0.15) is 21.6 Å². The van der Waals surface area contributed by atoms with Crippen molar-refractivity contribution in [3.8, 4) is 5.75 Å². The predicted molar refractivity (Wildman–Crippen MR) is 127 cm³/mol. The van der Waals surface area contributed by atoms with Crippen molar-refractivity contribution in [1.82, 2.24) is 5.32 Å². The lowest BCUT2D eigenvalue weighted by Gasteiger charge is -2.26. The first-order valence-electron chi connectivity index (χ1n) is 11.6. The molecule has 0 unspecified atom stereocenters. The number of ether oxygens (including phenoxy) is 2. The van der Waals surface area contributed by atoms with Crippen LogP contribution in [-0.2, 0) is 37.2 Å². The lowest BCUT2D eigenvalue weighted by atomic mass is 9.92. The minimum atomic E-state index is -5.83. The summed E-state index contributed by atoms with van der Waals surface area (Å²) in [6.45, 7) is 4.99. The average Bonchev–Trinajstić information content (AvgIpc) is 3.14. The van der Waals surface area contributed by atoms with Crippen molar-refractivity contribution < 1.29 is 49.2 Å². The van der Waals surface area contributed by atoms with Gasteiger partial charge in [0.05, 0.1) is 12.0 Å². The van der Waals surface area contributed by atoms with E-state index >= 15 is 0 Å². The third-order valence-corrected chi connectivity index (χ3v) is 6.54. The smallest absolute Gasteiger partial charge is 0.460 e. The minimum Gasteiger partial charge on any atom is -0.460 e. The van der Waals surface area contributed by atoms with Gasteiger partial charge in [0.25, 0.3) is 0 Å². The maximum atomic E-state index is 14.1. The molecule has 0 saturated carbocycles. The molecule has 1 aliphatic rings. The monoisotopic (exact) mass is 561 g/mol. The standard InChI is InChI=1S/C25H27F4NO7S/c1-24(2,3)36-23(32)30-20(12-15-8-10-18(11-9-15)37-38(33,34)25(27,28)29)21-14-17(22(31)35-21)13-16-6-4-5-7-19(16)26/h4-11,17,20-21H,12-14H2,1-3H3,(H,30,32)/t17-,20+,21+/m1/s1. The number of benzene rings is 2. The quantitative estimate of drug-likeness (QED) is 0.216. The number of halogens is 4. The zero-order valence-corrected chi connectivity index (χ0v) is 21.6. The fourth-order valence-corrected chi connectivity index (χ4v) is 4.31.